The normalized spacial score (nSPS) is 11.1. The predicted molar refractivity (Wildman–Crippen MR) is 76.5 cm³/mol. The third-order valence-electron chi connectivity index (χ3n) is 2.22. The van der Waals surface area contributed by atoms with Crippen molar-refractivity contribution in [3.8, 4) is 0 Å². The van der Waals surface area contributed by atoms with Gasteiger partial charge in [0.1, 0.15) is 5.76 Å². The Hall–Kier alpha value is -1.31. The number of carbonyl (C=O) groups is 2. The lowest BCUT2D eigenvalue weighted by Crippen LogP contribution is -2.41. The summed E-state index contributed by atoms with van der Waals surface area (Å²) in [5, 5.41) is 0. The summed E-state index contributed by atoms with van der Waals surface area (Å²) in [6, 6.07) is 3.47. The van der Waals surface area contributed by atoms with Gasteiger partial charge in [0.05, 0.1) is 6.54 Å². The van der Waals surface area contributed by atoms with Gasteiger partial charge in [-0.1, -0.05) is 0 Å². The fourth-order valence-corrected chi connectivity index (χ4v) is 1.78. The molecule has 0 aliphatic carbocycles. The van der Waals surface area contributed by atoms with Gasteiger partial charge in [-0.25, -0.2) is 0 Å². The lowest BCUT2D eigenvalue weighted by atomic mass is 10.3. The molecule has 0 saturated heterocycles. The molecule has 1 rings (SSSR count). The van der Waals surface area contributed by atoms with Crippen LogP contribution >= 0.6 is 22.6 Å². The number of halogens is 1. The van der Waals surface area contributed by atoms with Crippen LogP contribution in [0, 0.1) is 3.77 Å². The van der Waals surface area contributed by atoms with E-state index >= 15 is 0 Å². The zero-order valence-electron chi connectivity index (χ0n) is 10.2. The summed E-state index contributed by atoms with van der Waals surface area (Å²) in [5.74, 6) is -0.205. The van der Waals surface area contributed by atoms with Crippen LogP contribution in [0.1, 0.15) is 19.6 Å². The monoisotopic (exact) mass is 362 g/mol. The van der Waals surface area contributed by atoms with Crippen molar-refractivity contribution in [1.82, 2.24) is 4.90 Å². The van der Waals surface area contributed by atoms with Gasteiger partial charge in [-0.2, -0.15) is 0 Å². The summed E-state index contributed by atoms with van der Waals surface area (Å²) in [6.07, 6.45) is 2.94. The second-order valence-corrected chi connectivity index (χ2v) is 5.06. The highest BCUT2D eigenvalue weighted by Crippen LogP contribution is 2.11. The minimum atomic E-state index is -0.530. The first-order valence-corrected chi connectivity index (χ1v) is 6.50. The number of carbonyl (C=O) groups excluding carboxylic acids is 2. The lowest BCUT2D eigenvalue weighted by Gasteiger charge is -2.23. The highest BCUT2D eigenvalue weighted by Gasteiger charge is 2.16. The Morgan fingerprint density at radius 1 is 1.50 bits per heavy atom. The number of primary amides is 1. The largest absolute Gasteiger partial charge is 0.451 e. The molecular weight excluding hydrogens is 347 g/mol. The van der Waals surface area contributed by atoms with Crippen LogP contribution in [0.15, 0.2) is 22.6 Å². The summed E-state index contributed by atoms with van der Waals surface area (Å²) in [6.45, 7) is 3.56. The first-order valence-electron chi connectivity index (χ1n) is 5.42. The average Bonchev–Trinajstić information content (AvgIpc) is 2.68. The zero-order valence-corrected chi connectivity index (χ0v) is 12.4. The summed E-state index contributed by atoms with van der Waals surface area (Å²) in [5.41, 5.74) is 5.10. The van der Waals surface area contributed by atoms with Crippen molar-refractivity contribution in [2.75, 3.05) is 6.54 Å². The van der Waals surface area contributed by atoms with E-state index in [1.54, 1.807) is 18.2 Å². The average molecular weight is 362 g/mol. The first kappa shape index (κ1) is 14.7. The maximum atomic E-state index is 11.9. The second kappa shape index (κ2) is 6.58. The smallest absolute Gasteiger partial charge is 0.247 e. The molecule has 98 valence electrons. The Morgan fingerprint density at radius 2 is 2.17 bits per heavy atom. The predicted octanol–water partition coefficient (Wildman–Crippen LogP) is 1.62. The van der Waals surface area contributed by atoms with Gasteiger partial charge in [-0.05, 0) is 54.6 Å². The van der Waals surface area contributed by atoms with E-state index in [2.05, 4.69) is 0 Å². The molecule has 0 bridgehead atoms. The maximum Gasteiger partial charge on any atom is 0.247 e. The van der Waals surface area contributed by atoms with Crippen molar-refractivity contribution in [2.24, 2.45) is 5.73 Å². The third kappa shape index (κ3) is 4.52. The second-order valence-electron chi connectivity index (χ2n) is 4.00. The van der Waals surface area contributed by atoms with Crippen molar-refractivity contribution in [3.63, 3.8) is 0 Å². The Morgan fingerprint density at radius 3 is 2.61 bits per heavy atom. The van der Waals surface area contributed by atoms with Crippen molar-refractivity contribution >= 4 is 40.5 Å². The highest BCUT2D eigenvalue weighted by molar-refractivity contribution is 14.1. The topological polar surface area (TPSA) is 76.5 Å². The number of hydrogen-bond donors (Lipinski definition) is 1. The Balaban J connectivity index is 2.72. The van der Waals surface area contributed by atoms with E-state index in [1.807, 2.05) is 36.4 Å². The van der Waals surface area contributed by atoms with E-state index in [9.17, 15) is 9.59 Å². The van der Waals surface area contributed by atoms with E-state index in [-0.39, 0.29) is 18.5 Å². The van der Waals surface area contributed by atoms with Gasteiger partial charge in [0, 0.05) is 12.1 Å². The molecule has 0 spiro atoms. The van der Waals surface area contributed by atoms with E-state index in [0.717, 1.165) is 3.77 Å². The molecule has 1 heterocycles. The molecule has 1 aromatic rings. The molecule has 0 aliphatic heterocycles. The molecule has 5 nitrogen and oxygen atoms in total. The molecule has 18 heavy (non-hydrogen) atoms. The number of rotatable bonds is 5. The molecule has 2 N–H and O–H groups in total. The molecular formula is C12H15IN2O3. The van der Waals surface area contributed by atoms with Crippen LogP contribution in [0.3, 0.4) is 0 Å². The first-order chi connectivity index (χ1) is 8.40. The molecule has 0 unspecified atom stereocenters. The van der Waals surface area contributed by atoms with E-state index in [4.69, 9.17) is 10.2 Å². The van der Waals surface area contributed by atoms with Crippen LogP contribution in [0.2, 0.25) is 0 Å². The van der Waals surface area contributed by atoms with E-state index in [1.165, 1.54) is 11.0 Å². The van der Waals surface area contributed by atoms with E-state index < -0.39 is 5.91 Å². The standard InChI is InChI=1S/C12H15IN2O3/c1-8(2)15(7-11(14)16)12(17)6-4-9-3-5-10(13)18-9/h3-6,8H,7H2,1-2H3,(H2,14,16). The minimum Gasteiger partial charge on any atom is -0.451 e. The van der Waals surface area contributed by atoms with Gasteiger partial charge in [0.25, 0.3) is 0 Å². The fourth-order valence-electron chi connectivity index (χ4n) is 1.35. The zero-order chi connectivity index (χ0) is 13.7. The number of amides is 2. The Labute approximate surface area is 119 Å². The SMILES string of the molecule is CC(C)N(CC(N)=O)C(=O)C=Cc1ccc(I)o1. The van der Waals surface area contributed by atoms with Crippen molar-refractivity contribution in [3.05, 3.63) is 27.7 Å². The van der Waals surface area contributed by atoms with E-state index in [0.29, 0.717) is 5.76 Å². The van der Waals surface area contributed by atoms with Gasteiger partial charge in [0.15, 0.2) is 3.77 Å². The van der Waals surface area contributed by atoms with Crippen molar-refractivity contribution in [1.29, 1.82) is 0 Å². The molecule has 0 atom stereocenters. The van der Waals surface area contributed by atoms with Gasteiger partial charge < -0.3 is 15.1 Å². The number of nitrogens with two attached hydrogens (primary N) is 1. The fraction of sp³-hybridized carbons (Fsp3) is 0.333. The molecule has 0 fully saturated rings. The third-order valence-corrected chi connectivity index (χ3v) is 2.80. The minimum absolute atomic E-state index is 0.0868. The van der Waals surface area contributed by atoms with Crippen LogP contribution in [0.4, 0.5) is 0 Å². The molecule has 0 radical (unpaired) electrons. The number of nitrogens with zero attached hydrogens (tertiary/aromatic N) is 1. The number of hydrogen-bond acceptors (Lipinski definition) is 3. The van der Waals surface area contributed by atoms with Gasteiger partial charge >= 0.3 is 0 Å². The van der Waals surface area contributed by atoms with Crippen LogP contribution in [0.5, 0.6) is 0 Å². The summed E-state index contributed by atoms with van der Waals surface area (Å²) < 4.78 is 6.04. The van der Waals surface area contributed by atoms with Gasteiger partial charge in [-0.3, -0.25) is 9.59 Å². The van der Waals surface area contributed by atoms with Gasteiger partial charge in [-0.15, -0.1) is 0 Å². The molecule has 2 amide bonds. The molecule has 0 aliphatic rings. The Kier molecular flexibility index (Phi) is 5.39. The summed E-state index contributed by atoms with van der Waals surface area (Å²) >= 11 is 2.04. The molecule has 0 aromatic carbocycles. The van der Waals surface area contributed by atoms with Crippen LogP contribution in [-0.2, 0) is 9.59 Å². The molecule has 6 heteroatoms. The summed E-state index contributed by atoms with van der Waals surface area (Å²) in [7, 11) is 0. The van der Waals surface area contributed by atoms with Gasteiger partial charge in [0.2, 0.25) is 11.8 Å². The molecule has 0 saturated carbocycles. The Bertz CT molecular complexity index is 466. The van der Waals surface area contributed by atoms with Crippen LogP contribution in [0.25, 0.3) is 6.08 Å². The molecule has 1 aromatic heterocycles. The quantitative estimate of drug-likeness (QED) is 0.639. The maximum absolute atomic E-state index is 11.9. The van der Waals surface area contributed by atoms with Crippen molar-refractivity contribution < 1.29 is 14.0 Å². The van der Waals surface area contributed by atoms with Crippen molar-refractivity contribution in [2.45, 2.75) is 19.9 Å². The lowest BCUT2D eigenvalue weighted by molar-refractivity contribution is -0.132. The number of furan rings is 1. The van der Waals surface area contributed by atoms with Crippen LogP contribution in [-0.4, -0.2) is 29.3 Å². The highest BCUT2D eigenvalue weighted by atomic mass is 127. The summed E-state index contributed by atoms with van der Waals surface area (Å²) in [4.78, 5) is 24.2. The van der Waals surface area contributed by atoms with Crippen LogP contribution < -0.4 is 5.73 Å².